The molecule has 1 aromatic rings. The van der Waals surface area contributed by atoms with Crippen molar-refractivity contribution in [2.75, 3.05) is 6.54 Å². The molecule has 0 aromatic carbocycles. The summed E-state index contributed by atoms with van der Waals surface area (Å²) in [6.07, 6.45) is 7.17. The third-order valence-corrected chi connectivity index (χ3v) is 5.58. The number of hydrogen-bond donors (Lipinski definition) is 1. The highest BCUT2D eigenvalue weighted by Crippen LogP contribution is 2.27. The molecule has 1 atom stereocenters. The van der Waals surface area contributed by atoms with E-state index in [0.717, 1.165) is 37.9 Å². The Morgan fingerprint density at radius 3 is 2.84 bits per heavy atom. The zero-order valence-electron chi connectivity index (χ0n) is 11.7. The summed E-state index contributed by atoms with van der Waals surface area (Å²) in [7, 11) is -3.41. The van der Waals surface area contributed by atoms with Crippen LogP contribution >= 0.6 is 0 Å². The van der Waals surface area contributed by atoms with Gasteiger partial charge in [-0.05, 0) is 19.3 Å². The van der Waals surface area contributed by atoms with E-state index >= 15 is 0 Å². The Labute approximate surface area is 115 Å². The highest BCUT2D eigenvalue weighted by molar-refractivity contribution is 7.89. The van der Waals surface area contributed by atoms with Gasteiger partial charge in [-0.25, -0.2) is 13.4 Å². The summed E-state index contributed by atoms with van der Waals surface area (Å²) >= 11 is 0. The molecule has 0 saturated carbocycles. The van der Waals surface area contributed by atoms with Crippen LogP contribution in [0.2, 0.25) is 0 Å². The highest BCUT2D eigenvalue weighted by atomic mass is 32.2. The molecule has 2 heterocycles. The summed E-state index contributed by atoms with van der Waals surface area (Å²) in [4.78, 5) is 7.03. The quantitative estimate of drug-likeness (QED) is 0.903. The largest absolute Gasteiger partial charge is 0.332 e. The van der Waals surface area contributed by atoms with Gasteiger partial charge >= 0.3 is 0 Å². The van der Waals surface area contributed by atoms with Crippen LogP contribution < -0.4 is 0 Å². The van der Waals surface area contributed by atoms with Crippen LogP contribution in [0.3, 0.4) is 0 Å². The fourth-order valence-corrected chi connectivity index (χ4v) is 4.35. The summed E-state index contributed by atoms with van der Waals surface area (Å²) in [6, 6.07) is 0.150. The van der Waals surface area contributed by atoms with Crippen LogP contribution in [-0.4, -0.2) is 35.3 Å². The number of hydrogen-bond acceptors (Lipinski definition) is 3. The molecule has 1 unspecified atom stereocenters. The van der Waals surface area contributed by atoms with Crippen molar-refractivity contribution >= 4 is 10.0 Å². The third kappa shape index (κ3) is 3.00. The van der Waals surface area contributed by atoms with Crippen molar-refractivity contribution in [1.29, 1.82) is 0 Å². The number of imidazole rings is 1. The summed E-state index contributed by atoms with van der Waals surface area (Å²) in [6.45, 7) is 4.69. The number of nitrogens with one attached hydrogen (secondary N) is 1. The molecule has 0 spiro atoms. The second-order valence-corrected chi connectivity index (χ2v) is 6.96. The maximum atomic E-state index is 12.7. The first-order chi connectivity index (χ1) is 9.09. The number of rotatable bonds is 5. The lowest BCUT2D eigenvalue weighted by Crippen LogP contribution is -2.43. The van der Waals surface area contributed by atoms with Gasteiger partial charge in [0, 0.05) is 19.0 Å². The van der Waals surface area contributed by atoms with Gasteiger partial charge in [-0.3, -0.25) is 0 Å². The van der Waals surface area contributed by atoms with Crippen molar-refractivity contribution in [3.8, 4) is 0 Å². The number of aromatic amines is 1. The minimum atomic E-state index is -3.41. The van der Waals surface area contributed by atoms with Gasteiger partial charge in [0.05, 0.1) is 6.20 Å². The molecule has 0 aliphatic carbocycles. The fraction of sp³-hybridized carbons (Fsp3) is 0.769. The van der Waals surface area contributed by atoms with Crippen molar-refractivity contribution in [3.05, 3.63) is 12.0 Å². The van der Waals surface area contributed by atoms with E-state index < -0.39 is 10.0 Å². The average Bonchev–Trinajstić information content (AvgIpc) is 2.89. The van der Waals surface area contributed by atoms with Gasteiger partial charge in [-0.1, -0.05) is 26.7 Å². The zero-order chi connectivity index (χ0) is 13.9. The van der Waals surface area contributed by atoms with E-state index in [2.05, 4.69) is 16.9 Å². The van der Waals surface area contributed by atoms with Gasteiger partial charge in [-0.15, -0.1) is 0 Å². The van der Waals surface area contributed by atoms with Gasteiger partial charge in [0.2, 0.25) is 0 Å². The van der Waals surface area contributed by atoms with Gasteiger partial charge in [-0.2, -0.15) is 4.31 Å². The lowest BCUT2D eigenvalue weighted by Gasteiger charge is -2.34. The molecule has 6 heteroatoms. The van der Waals surface area contributed by atoms with E-state index in [-0.39, 0.29) is 11.1 Å². The number of aryl methyl sites for hydroxylation is 1. The Kier molecular flexibility index (Phi) is 4.62. The molecule has 0 amide bonds. The Balaban J connectivity index is 2.25. The number of sulfonamides is 1. The standard InChI is InChI=1S/C13H23N3O2S/c1-3-7-11-8-5-6-9-16(11)19(17,18)13-10-14-12(4-2)15-13/h10-11H,3-9H2,1-2H3,(H,14,15). The van der Waals surface area contributed by atoms with Crippen LogP contribution in [0.5, 0.6) is 0 Å². The molecule has 1 aliphatic heterocycles. The Morgan fingerprint density at radius 2 is 2.21 bits per heavy atom. The van der Waals surface area contributed by atoms with Crippen molar-refractivity contribution in [1.82, 2.24) is 14.3 Å². The minimum absolute atomic E-state index is 0.150. The van der Waals surface area contributed by atoms with Crippen LogP contribution in [0.25, 0.3) is 0 Å². The van der Waals surface area contributed by atoms with Crippen LogP contribution in [0.4, 0.5) is 0 Å². The molecule has 0 radical (unpaired) electrons. The first-order valence-electron chi connectivity index (χ1n) is 7.15. The monoisotopic (exact) mass is 285 g/mol. The lowest BCUT2D eigenvalue weighted by atomic mass is 10.0. The van der Waals surface area contributed by atoms with E-state index in [1.807, 2.05) is 6.92 Å². The molecule has 5 nitrogen and oxygen atoms in total. The molecular formula is C13H23N3O2S. The number of aromatic nitrogens is 2. The average molecular weight is 285 g/mol. The predicted octanol–water partition coefficient (Wildman–Crippen LogP) is 2.32. The van der Waals surface area contributed by atoms with E-state index in [1.54, 1.807) is 4.31 Å². The van der Waals surface area contributed by atoms with E-state index in [9.17, 15) is 8.42 Å². The number of piperidine rings is 1. The van der Waals surface area contributed by atoms with Crippen molar-refractivity contribution in [2.24, 2.45) is 0 Å². The molecular weight excluding hydrogens is 262 g/mol. The Hall–Kier alpha value is -0.880. The van der Waals surface area contributed by atoms with E-state index in [4.69, 9.17) is 0 Å². The molecule has 1 aromatic heterocycles. The number of nitrogens with zero attached hydrogens (tertiary/aromatic N) is 2. The second kappa shape index (κ2) is 6.05. The fourth-order valence-electron chi connectivity index (χ4n) is 2.69. The van der Waals surface area contributed by atoms with Gasteiger partial charge in [0.15, 0.2) is 5.03 Å². The third-order valence-electron chi connectivity index (χ3n) is 3.72. The summed E-state index contributed by atoms with van der Waals surface area (Å²) in [5.41, 5.74) is 0. The predicted molar refractivity (Wildman–Crippen MR) is 74.4 cm³/mol. The number of H-pyrrole nitrogens is 1. The molecule has 19 heavy (non-hydrogen) atoms. The first-order valence-corrected chi connectivity index (χ1v) is 8.59. The van der Waals surface area contributed by atoms with Crippen LogP contribution in [0.15, 0.2) is 11.2 Å². The first kappa shape index (κ1) is 14.5. The molecule has 2 rings (SSSR count). The van der Waals surface area contributed by atoms with Crippen molar-refractivity contribution < 1.29 is 8.42 Å². The molecule has 1 aliphatic rings. The summed E-state index contributed by atoms with van der Waals surface area (Å²) < 4.78 is 27.0. The maximum Gasteiger partial charge on any atom is 0.260 e. The van der Waals surface area contributed by atoms with Crippen LogP contribution in [0, 0.1) is 0 Å². The van der Waals surface area contributed by atoms with E-state index in [0.29, 0.717) is 13.0 Å². The topological polar surface area (TPSA) is 66.1 Å². The second-order valence-electron chi connectivity index (χ2n) is 5.10. The van der Waals surface area contributed by atoms with Crippen molar-refractivity contribution in [3.63, 3.8) is 0 Å². The van der Waals surface area contributed by atoms with Gasteiger partial charge in [0.1, 0.15) is 5.82 Å². The normalized spacial score (nSPS) is 21.7. The van der Waals surface area contributed by atoms with E-state index in [1.165, 1.54) is 6.20 Å². The Bertz CT molecular complexity index is 508. The van der Waals surface area contributed by atoms with Gasteiger partial charge < -0.3 is 4.98 Å². The SMILES string of the molecule is CCCC1CCCCN1S(=O)(=O)c1cnc(CC)[nH]1. The Morgan fingerprint density at radius 1 is 1.42 bits per heavy atom. The molecule has 108 valence electrons. The highest BCUT2D eigenvalue weighted by Gasteiger charge is 2.33. The van der Waals surface area contributed by atoms with Crippen LogP contribution in [0.1, 0.15) is 51.8 Å². The van der Waals surface area contributed by atoms with Crippen molar-refractivity contribution in [2.45, 2.75) is 63.4 Å². The minimum Gasteiger partial charge on any atom is -0.332 e. The smallest absolute Gasteiger partial charge is 0.260 e. The van der Waals surface area contributed by atoms with Crippen LogP contribution in [-0.2, 0) is 16.4 Å². The molecule has 1 fully saturated rings. The molecule has 1 saturated heterocycles. The summed E-state index contributed by atoms with van der Waals surface area (Å²) in [5, 5.41) is 0.243. The van der Waals surface area contributed by atoms with Gasteiger partial charge in [0.25, 0.3) is 10.0 Å². The maximum absolute atomic E-state index is 12.7. The zero-order valence-corrected chi connectivity index (χ0v) is 12.5. The summed E-state index contributed by atoms with van der Waals surface area (Å²) in [5.74, 6) is 0.725. The molecule has 0 bridgehead atoms. The lowest BCUT2D eigenvalue weighted by molar-refractivity contribution is 0.239. The molecule has 1 N–H and O–H groups in total.